The van der Waals surface area contributed by atoms with Crippen LogP contribution in [0.5, 0.6) is 11.8 Å². The largest absolute Gasteiger partial charge is 0.490 e. The van der Waals surface area contributed by atoms with E-state index in [-0.39, 0.29) is 59.7 Å². The number of nitrogens with zero attached hydrogens (tertiary/aromatic N) is 4. The maximum absolute atomic E-state index is 14.8. The molecule has 0 aliphatic carbocycles. The molecule has 0 spiro atoms. The van der Waals surface area contributed by atoms with E-state index in [9.17, 15) is 13.9 Å². The third-order valence-electron chi connectivity index (χ3n) is 7.51. The van der Waals surface area contributed by atoms with Gasteiger partial charge in [0.1, 0.15) is 35.4 Å². The summed E-state index contributed by atoms with van der Waals surface area (Å²) in [5, 5.41) is 13.2. The van der Waals surface area contributed by atoms with Crippen molar-refractivity contribution < 1.29 is 32.8 Å². The predicted molar refractivity (Wildman–Crippen MR) is 141 cm³/mol. The van der Waals surface area contributed by atoms with Gasteiger partial charge in [-0.1, -0.05) is 11.6 Å². The van der Waals surface area contributed by atoms with Crippen LogP contribution in [0.15, 0.2) is 18.2 Å². The number of H-pyrrole nitrogens is 1. The molecule has 3 saturated heterocycles. The van der Waals surface area contributed by atoms with E-state index >= 15 is 0 Å². The van der Waals surface area contributed by atoms with Gasteiger partial charge in [0.2, 0.25) is 6.10 Å². The van der Waals surface area contributed by atoms with Crippen LogP contribution in [0.2, 0.25) is 5.02 Å². The predicted octanol–water partition coefficient (Wildman–Crippen LogP) is 3.17. The van der Waals surface area contributed by atoms with Crippen molar-refractivity contribution in [1.29, 1.82) is 0 Å². The number of benzene rings is 1. The zero-order chi connectivity index (χ0) is 28.0. The molecule has 3 aliphatic rings. The third kappa shape index (κ3) is 4.90. The Hall–Kier alpha value is -3.28. The summed E-state index contributed by atoms with van der Waals surface area (Å²) in [5.74, 6) is -1.13. The van der Waals surface area contributed by atoms with Gasteiger partial charge >= 0.3 is 5.72 Å². The number of aromatic amines is 1. The quantitative estimate of drug-likeness (QED) is 0.389. The van der Waals surface area contributed by atoms with Crippen LogP contribution >= 0.6 is 11.6 Å². The molecule has 5 heterocycles. The molecule has 212 valence electrons. The van der Waals surface area contributed by atoms with E-state index in [4.69, 9.17) is 37.1 Å². The summed E-state index contributed by atoms with van der Waals surface area (Å²) in [6.07, 6.45) is -0.901. The second-order valence-corrected chi connectivity index (χ2v) is 10.6. The summed E-state index contributed by atoms with van der Waals surface area (Å²) in [6.45, 7) is 7.20. The molecule has 11 nitrogen and oxygen atoms in total. The van der Waals surface area contributed by atoms with E-state index in [1.54, 1.807) is 6.07 Å². The van der Waals surface area contributed by atoms with Gasteiger partial charge in [0.05, 0.1) is 23.8 Å². The van der Waals surface area contributed by atoms with Gasteiger partial charge in [-0.05, 0) is 30.8 Å². The zero-order valence-corrected chi connectivity index (χ0v) is 22.3. The highest BCUT2D eigenvalue weighted by atomic mass is 35.5. The number of rotatable bonds is 7. The van der Waals surface area contributed by atoms with Crippen LogP contribution in [0.25, 0.3) is 16.0 Å². The topological polar surface area (TPSA) is 118 Å². The minimum absolute atomic E-state index is 0.00677. The van der Waals surface area contributed by atoms with E-state index in [2.05, 4.69) is 30.0 Å². The molecular weight excluding hydrogens is 550 g/mol. The molecule has 0 unspecified atom stereocenters. The maximum Gasteiger partial charge on any atom is 0.452 e. The number of aliphatic hydroxyl groups is 1. The fourth-order valence-electron chi connectivity index (χ4n) is 5.29. The number of piperidine rings is 1. The van der Waals surface area contributed by atoms with Gasteiger partial charge in [0.25, 0.3) is 12.6 Å². The summed E-state index contributed by atoms with van der Waals surface area (Å²) in [7, 11) is 2.03. The molecule has 14 heteroatoms. The van der Waals surface area contributed by atoms with Crippen LogP contribution in [0.1, 0.15) is 18.4 Å². The molecule has 3 aromatic rings. The number of hydrogen-bond acceptors (Lipinski definition) is 9. The van der Waals surface area contributed by atoms with Crippen LogP contribution in [-0.2, 0) is 16.0 Å². The number of aromatic nitrogens is 3. The zero-order valence-electron chi connectivity index (χ0n) is 21.6. The molecule has 3 fully saturated rings. The molecule has 2 aromatic heterocycles. The van der Waals surface area contributed by atoms with Crippen LogP contribution < -0.4 is 14.8 Å². The lowest BCUT2D eigenvalue weighted by Gasteiger charge is -2.29. The summed E-state index contributed by atoms with van der Waals surface area (Å²) in [5.41, 5.74) is -0.839. The summed E-state index contributed by atoms with van der Waals surface area (Å²) in [6, 6.07) is 4.03. The number of aliphatic hydroxyl groups excluding tert-OH is 1. The van der Waals surface area contributed by atoms with Gasteiger partial charge in [0, 0.05) is 37.3 Å². The smallest absolute Gasteiger partial charge is 0.452 e. The average Bonchev–Trinajstić information content (AvgIpc) is 3.58. The van der Waals surface area contributed by atoms with Gasteiger partial charge in [-0.3, -0.25) is 4.74 Å². The molecule has 3 N–H and O–H groups in total. The Kier molecular flexibility index (Phi) is 7.14. The van der Waals surface area contributed by atoms with Gasteiger partial charge in [0.15, 0.2) is 11.8 Å². The number of pyridine rings is 1. The SMILES string of the molecule is C#[N+][C@]12OC[C@@H](O)[C@H]1OC[C@H]2Oc1nc2nc(NCc3c(F)cc(OC4CCN(C)CC4)cc3F)c(Cl)cc2[nH]1. The molecule has 4 atom stereocenters. The van der Waals surface area contributed by atoms with E-state index in [1.807, 2.05) is 7.05 Å². The number of likely N-dealkylation sites (tertiary alicyclic amines) is 1. The van der Waals surface area contributed by atoms with Crippen LogP contribution in [0.3, 0.4) is 0 Å². The van der Waals surface area contributed by atoms with Gasteiger partial charge in [-0.25, -0.2) is 13.8 Å². The first-order valence-corrected chi connectivity index (χ1v) is 13.3. The highest BCUT2D eigenvalue weighted by molar-refractivity contribution is 6.33. The van der Waals surface area contributed by atoms with Crippen molar-refractivity contribution in [2.24, 2.45) is 0 Å². The first kappa shape index (κ1) is 26.9. The molecule has 0 radical (unpaired) electrons. The van der Waals surface area contributed by atoms with Gasteiger partial charge in [-0.2, -0.15) is 4.98 Å². The van der Waals surface area contributed by atoms with Crippen molar-refractivity contribution in [1.82, 2.24) is 19.9 Å². The van der Waals surface area contributed by atoms with Crippen molar-refractivity contribution in [3.63, 3.8) is 0 Å². The van der Waals surface area contributed by atoms with E-state index in [0.717, 1.165) is 25.9 Å². The average molecular weight is 578 g/mol. The summed E-state index contributed by atoms with van der Waals surface area (Å²) < 4.78 is 52.6. The van der Waals surface area contributed by atoms with Crippen molar-refractivity contribution in [2.45, 2.75) is 49.5 Å². The van der Waals surface area contributed by atoms with Gasteiger partial charge in [-0.15, -0.1) is 0 Å². The molecule has 0 amide bonds. The highest BCUT2D eigenvalue weighted by Crippen LogP contribution is 2.40. The lowest BCUT2D eigenvalue weighted by Crippen LogP contribution is -2.46. The Morgan fingerprint density at radius 3 is 2.70 bits per heavy atom. The highest BCUT2D eigenvalue weighted by Gasteiger charge is 2.71. The molecule has 40 heavy (non-hydrogen) atoms. The number of imidazole rings is 1. The monoisotopic (exact) mass is 577 g/mol. The fourth-order valence-corrected chi connectivity index (χ4v) is 5.51. The normalized spacial score (nSPS) is 27.1. The molecule has 0 saturated carbocycles. The Morgan fingerprint density at radius 1 is 1.23 bits per heavy atom. The lowest BCUT2D eigenvalue weighted by molar-refractivity contribution is -0.0343. The lowest BCUT2D eigenvalue weighted by atomic mass is 10.0. The van der Waals surface area contributed by atoms with Gasteiger partial charge < -0.3 is 34.5 Å². The fraction of sp³-hybridized carbons (Fsp3) is 0.500. The van der Waals surface area contributed by atoms with Crippen molar-refractivity contribution in [3.05, 3.63) is 45.3 Å². The number of nitrogens with one attached hydrogen (secondary N) is 2. The number of ether oxygens (including phenoxy) is 4. The molecule has 1 aromatic carbocycles. The third-order valence-corrected chi connectivity index (χ3v) is 7.80. The molecule has 0 bridgehead atoms. The Labute approximate surface area is 233 Å². The Balaban J connectivity index is 1.14. The minimum Gasteiger partial charge on any atom is -0.490 e. The number of anilines is 1. The molecule has 6 rings (SSSR count). The van der Waals surface area contributed by atoms with Crippen molar-refractivity contribution in [2.75, 3.05) is 38.7 Å². The van der Waals surface area contributed by atoms with E-state index < -0.39 is 35.7 Å². The standard InChI is InChI=1S/C26H28ClF2N6O5/c1-30-26-21(12-37-22(26)20(36)11-38-26)40-25-32-19-9-16(27)23(33-24(19)34-25)31-10-15-17(28)7-14(8-18(15)29)39-13-3-5-35(2)6-4-13/h1,7-9,13,20-22,36H,3-6,10-12H2,2H3,(H2,31,32,33,34)/q+1/t20-,21-,22-,26-/m1/s1. The molecule has 3 aliphatic heterocycles. The second-order valence-electron chi connectivity index (χ2n) is 10.2. The maximum atomic E-state index is 14.8. The summed E-state index contributed by atoms with van der Waals surface area (Å²) in [4.78, 5) is 17.6. The number of halogens is 3. The van der Waals surface area contributed by atoms with Crippen molar-refractivity contribution >= 4 is 28.6 Å². The second kappa shape index (κ2) is 10.6. The van der Waals surface area contributed by atoms with Crippen LogP contribution in [0, 0.1) is 18.2 Å². The first-order valence-electron chi connectivity index (χ1n) is 12.9. The van der Waals surface area contributed by atoms with Crippen LogP contribution in [0.4, 0.5) is 14.6 Å². The van der Waals surface area contributed by atoms with E-state index in [0.29, 0.717) is 5.52 Å². The van der Waals surface area contributed by atoms with E-state index in [1.165, 1.54) is 12.1 Å². The number of fused-ring (bicyclic) bond motifs is 2. The first-order chi connectivity index (χ1) is 19.3. The minimum atomic E-state index is -1.36. The van der Waals surface area contributed by atoms with Crippen LogP contribution in [-0.4, -0.2) is 88.5 Å². The Bertz CT molecular complexity index is 1440. The van der Waals surface area contributed by atoms with Crippen molar-refractivity contribution in [3.8, 4) is 18.3 Å². The summed E-state index contributed by atoms with van der Waals surface area (Å²) >= 11 is 6.38. The Morgan fingerprint density at radius 2 is 1.98 bits per heavy atom. The number of hydrogen-bond donors (Lipinski definition) is 3. The molecular formula is C26H28ClF2N6O5+.